The number of hydrogen-bond donors (Lipinski definition) is 1. The molecule has 1 N–H and O–H groups in total. The van der Waals surface area contributed by atoms with Crippen molar-refractivity contribution in [1.29, 1.82) is 0 Å². The molecule has 0 spiro atoms. The molecule has 0 fully saturated rings. The van der Waals surface area contributed by atoms with Crippen LogP contribution in [-0.4, -0.2) is 31.4 Å². The van der Waals surface area contributed by atoms with Gasteiger partial charge in [-0.3, -0.25) is 4.79 Å². The van der Waals surface area contributed by atoms with E-state index >= 15 is 0 Å². The minimum Gasteiger partial charge on any atom is -0.310 e. The van der Waals surface area contributed by atoms with E-state index in [1.807, 2.05) is 41.9 Å². The number of carbonyl (C=O) groups excluding carboxylic acids is 1. The summed E-state index contributed by atoms with van der Waals surface area (Å²) in [5, 5.41) is 12.5. The van der Waals surface area contributed by atoms with Crippen molar-refractivity contribution in [2.45, 2.75) is 11.6 Å². The van der Waals surface area contributed by atoms with Gasteiger partial charge < -0.3 is 9.88 Å². The monoisotopic (exact) mass is 451 g/mol. The third-order valence-electron chi connectivity index (χ3n) is 3.53. The van der Waals surface area contributed by atoms with E-state index in [-0.39, 0.29) is 11.7 Å². The van der Waals surface area contributed by atoms with Crippen molar-refractivity contribution in [2.24, 2.45) is 7.05 Å². The van der Waals surface area contributed by atoms with Crippen LogP contribution in [0.2, 0.25) is 5.02 Å². The van der Waals surface area contributed by atoms with E-state index < -0.39 is 0 Å². The number of nitrogens with one attached hydrogen (secondary N) is 1. The van der Waals surface area contributed by atoms with Gasteiger partial charge in [0.1, 0.15) is 11.6 Å². The first-order valence-corrected chi connectivity index (χ1v) is 9.84. The Morgan fingerprint density at radius 2 is 2.00 bits per heavy atom. The third-order valence-corrected chi connectivity index (χ3v) is 5.27. The van der Waals surface area contributed by atoms with Gasteiger partial charge >= 0.3 is 0 Å². The molecule has 0 atom stereocenters. The summed E-state index contributed by atoms with van der Waals surface area (Å²) in [6.07, 6.45) is 2.28. The maximum absolute atomic E-state index is 12.1. The number of rotatable bonds is 6. The number of thioether (sulfide) groups is 1. The Kier molecular flexibility index (Phi) is 6.29. The van der Waals surface area contributed by atoms with Gasteiger partial charge in [0.25, 0.3) is 0 Å². The van der Waals surface area contributed by atoms with Crippen LogP contribution in [0.15, 0.2) is 52.2 Å². The molecular formula is C17H15BrClN5OS. The highest BCUT2D eigenvalue weighted by atomic mass is 79.9. The van der Waals surface area contributed by atoms with Crippen molar-refractivity contribution in [2.75, 3.05) is 11.1 Å². The number of nitrogens with zero attached hydrogens (tertiary/aromatic N) is 4. The summed E-state index contributed by atoms with van der Waals surface area (Å²) in [4.78, 5) is 16.2. The largest absolute Gasteiger partial charge is 0.310 e. The second-order valence-corrected chi connectivity index (χ2v) is 7.75. The average Bonchev–Trinajstić information content (AvgIpc) is 2.97. The maximum Gasteiger partial charge on any atom is 0.236 e. The molecule has 26 heavy (non-hydrogen) atoms. The summed E-state index contributed by atoms with van der Waals surface area (Å²) in [6.45, 7) is 0. The van der Waals surface area contributed by atoms with Crippen molar-refractivity contribution >= 4 is 51.0 Å². The SMILES string of the molecule is Cn1c(Cc2ccc(Cl)cc2)nnc1SCC(=O)Nc1ccc(Br)cn1. The standard InChI is InChI=1S/C17H15BrClN5OS/c1-24-15(8-11-2-5-13(19)6-3-11)22-23-17(24)26-10-16(25)21-14-7-4-12(18)9-20-14/h2-7,9H,8,10H2,1H3,(H,20,21,25). The van der Waals surface area contributed by atoms with Crippen LogP contribution in [-0.2, 0) is 18.3 Å². The van der Waals surface area contributed by atoms with Crippen molar-refractivity contribution in [3.05, 3.63) is 63.5 Å². The number of aromatic nitrogens is 4. The minimum absolute atomic E-state index is 0.146. The van der Waals surface area contributed by atoms with Gasteiger partial charge in [-0.15, -0.1) is 10.2 Å². The van der Waals surface area contributed by atoms with E-state index in [1.54, 1.807) is 12.3 Å². The lowest BCUT2D eigenvalue weighted by atomic mass is 10.1. The van der Waals surface area contributed by atoms with Gasteiger partial charge in [0, 0.05) is 29.2 Å². The molecule has 3 rings (SSSR count). The summed E-state index contributed by atoms with van der Waals surface area (Å²) >= 11 is 10.5. The maximum atomic E-state index is 12.1. The molecule has 0 aliphatic carbocycles. The fourth-order valence-electron chi connectivity index (χ4n) is 2.17. The normalized spacial score (nSPS) is 10.7. The van der Waals surface area contributed by atoms with E-state index in [0.29, 0.717) is 22.4 Å². The lowest BCUT2D eigenvalue weighted by Crippen LogP contribution is -2.15. The third kappa shape index (κ3) is 5.06. The Labute approximate surface area is 168 Å². The second-order valence-electron chi connectivity index (χ2n) is 5.46. The van der Waals surface area contributed by atoms with Gasteiger partial charge in [-0.25, -0.2) is 4.98 Å². The molecule has 134 valence electrons. The fourth-order valence-corrected chi connectivity index (χ4v) is 3.26. The Morgan fingerprint density at radius 3 is 2.69 bits per heavy atom. The van der Waals surface area contributed by atoms with Gasteiger partial charge in [0.15, 0.2) is 5.16 Å². The highest BCUT2D eigenvalue weighted by Crippen LogP contribution is 2.19. The first kappa shape index (κ1) is 18.9. The molecule has 1 aromatic carbocycles. The zero-order chi connectivity index (χ0) is 18.5. The van der Waals surface area contributed by atoms with E-state index in [1.165, 1.54) is 11.8 Å². The number of anilines is 1. The van der Waals surface area contributed by atoms with Gasteiger partial charge in [0.2, 0.25) is 5.91 Å². The smallest absolute Gasteiger partial charge is 0.236 e. The topological polar surface area (TPSA) is 72.7 Å². The van der Waals surface area contributed by atoms with Crippen LogP contribution < -0.4 is 5.32 Å². The molecule has 0 aliphatic rings. The summed E-state index contributed by atoms with van der Waals surface area (Å²) in [6, 6.07) is 11.2. The van der Waals surface area contributed by atoms with Crippen LogP contribution in [0.5, 0.6) is 0 Å². The number of carbonyl (C=O) groups is 1. The van der Waals surface area contributed by atoms with Crippen LogP contribution in [0.1, 0.15) is 11.4 Å². The lowest BCUT2D eigenvalue weighted by Gasteiger charge is -2.05. The number of benzene rings is 1. The predicted octanol–water partition coefficient (Wildman–Crippen LogP) is 3.95. The Morgan fingerprint density at radius 1 is 1.23 bits per heavy atom. The van der Waals surface area contributed by atoms with Crippen LogP contribution in [0.25, 0.3) is 0 Å². The van der Waals surface area contributed by atoms with Crippen LogP contribution in [0.4, 0.5) is 5.82 Å². The molecule has 2 heterocycles. The van der Waals surface area contributed by atoms with Crippen molar-refractivity contribution in [1.82, 2.24) is 19.7 Å². The van der Waals surface area contributed by atoms with Crippen LogP contribution in [0, 0.1) is 0 Å². The first-order chi connectivity index (χ1) is 12.5. The zero-order valence-electron chi connectivity index (χ0n) is 13.8. The Balaban J connectivity index is 1.56. The highest BCUT2D eigenvalue weighted by Gasteiger charge is 2.12. The van der Waals surface area contributed by atoms with E-state index in [2.05, 4.69) is 36.4 Å². The molecule has 0 saturated carbocycles. The predicted molar refractivity (Wildman–Crippen MR) is 107 cm³/mol. The molecule has 3 aromatic rings. The number of hydrogen-bond acceptors (Lipinski definition) is 5. The van der Waals surface area contributed by atoms with Gasteiger partial charge in [-0.2, -0.15) is 0 Å². The summed E-state index contributed by atoms with van der Waals surface area (Å²) < 4.78 is 2.75. The summed E-state index contributed by atoms with van der Waals surface area (Å²) in [5.41, 5.74) is 1.10. The van der Waals surface area contributed by atoms with E-state index in [0.717, 1.165) is 15.9 Å². The molecule has 2 aromatic heterocycles. The van der Waals surface area contributed by atoms with Gasteiger partial charge in [0.05, 0.1) is 5.75 Å². The second kappa shape index (κ2) is 8.66. The number of amides is 1. The molecule has 0 unspecified atom stereocenters. The van der Waals surface area contributed by atoms with E-state index in [9.17, 15) is 4.79 Å². The Bertz CT molecular complexity index is 899. The van der Waals surface area contributed by atoms with Gasteiger partial charge in [-0.05, 0) is 45.8 Å². The Hall–Kier alpha value is -1.90. The number of halogens is 2. The first-order valence-electron chi connectivity index (χ1n) is 7.68. The molecule has 6 nitrogen and oxygen atoms in total. The number of pyridine rings is 1. The lowest BCUT2D eigenvalue weighted by molar-refractivity contribution is -0.113. The zero-order valence-corrected chi connectivity index (χ0v) is 17.0. The average molecular weight is 453 g/mol. The molecule has 0 radical (unpaired) electrons. The van der Waals surface area contributed by atoms with Gasteiger partial charge in [-0.1, -0.05) is 35.5 Å². The highest BCUT2D eigenvalue weighted by molar-refractivity contribution is 9.10. The van der Waals surface area contributed by atoms with E-state index in [4.69, 9.17) is 11.6 Å². The summed E-state index contributed by atoms with van der Waals surface area (Å²) in [5.74, 6) is 1.42. The minimum atomic E-state index is -0.146. The van der Waals surface area contributed by atoms with Crippen molar-refractivity contribution in [3.8, 4) is 0 Å². The van der Waals surface area contributed by atoms with Crippen LogP contribution in [0.3, 0.4) is 0 Å². The van der Waals surface area contributed by atoms with Crippen LogP contribution >= 0.6 is 39.3 Å². The molecule has 0 aliphatic heterocycles. The molecule has 9 heteroatoms. The summed E-state index contributed by atoms with van der Waals surface area (Å²) in [7, 11) is 1.89. The molecule has 1 amide bonds. The molecular weight excluding hydrogens is 438 g/mol. The fraction of sp³-hybridized carbons (Fsp3) is 0.176. The van der Waals surface area contributed by atoms with Crippen molar-refractivity contribution < 1.29 is 4.79 Å². The quantitative estimate of drug-likeness (QED) is 0.573. The van der Waals surface area contributed by atoms with Crippen molar-refractivity contribution in [3.63, 3.8) is 0 Å². The molecule has 0 saturated heterocycles. The molecule has 0 bridgehead atoms.